The zero-order chi connectivity index (χ0) is 21.7. The lowest BCUT2D eigenvalue weighted by molar-refractivity contribution is -0.384. The van der Waals surface area contributed by atoms with Crippen molar-refractivity contribution >= 4 is 62.2 Å². The number of nitrogens with one attached hydrogen (secondary N) is 2. The Morgan fingerprint density at radius 2 is 1.90 bits per heavy atom. The third-order valence-electron chi connectivity index (χ3n) is 3.84. The summed E-state index contributed by atoms with van der Waals surface area (Å²) in [5.41, 5.74) is 0.00496. The summed E-state index contributed by atoms with van der Waals surface area (Å²) in [4.78, 5) is 46.3. The maximum Gasteiger partial charge on any atom is 0.325 e. The van der Waals surface area contributed by atoms with Crippen LogP contribution < -0.4 is 10.6 Å². The van der Waals surface area contributed by atoms with Crippen LogP contribution in [-0.4, -0.2) is 35.9 Å². The Balaban J connectivity index is 1.48. The van der Waals surface area contributed by atoms with E-state index in [1.54, 1.807) is 12.1 Å². The Hall–Kier alpha value is -3.50. The monoisotopic (exact) mass is 447 g/mol. The molecule has 0 fully saturated rings. The number of anilines is 1. The minimum atomic E-state index is -0.824. The summed E-state index contributed by atoms with van der Waals surface area (Å²) >= 11 is 7.41. The lowest BCUT2D eigenvalue weighted by atomic mass is 10.2. The van der Waals surface area contributed by atoms with Gasteiger partial charge in [-0.3, -0.25) is 24.5 Å². The molecule has 1 aromatic heterocycles. The molecule has 0 aliphatic heterocycles. The molecular weight excluding hydrogens is 434 g/mol. The maximum atomic E-state index is 12.3. The fourth-order valence-corrected chi connectivity index (χ4v) is 3.92. The highest BCUT2D eigenvalue weighted by Crippen LogP contribution is 2.34. The molecule has 0 saturated carbocycles. The molecule has 11 heteroatoms. The van der Waals surface area contributed by atoms with Crippen LogP contribution in [0.15, 0.2) is 48.5 Å². The topological polar surface area (TPSA) is 128 Å². The van der Waals surface area contributed by atoms with E-state index < -0.39 is 35.9 Å². The van der Waals surface area contributed by atoms with Crippen molar-refractivity contribution in [2.45, 2.75) is 0 Å². The average molecular weight is 448 g/mol. The van der Waals surface area contributed by atoms with Crippen LogP contribution in [0.2, 0.25) is 5.02 Å². The van der Waals surface area contributed by atoms with Gasteiger partial charge in [-0.1, -0.05) is 35.9 Å². The molecule has 2 N–H and O–H groups in total. The van der Waals surface area contributed by atoms with Gasteiger partial charge in [0.05, 0.1) is 9.95 Å². The summed E-state index contributed by atoms with van der Waals surface area (Å²) < 4.78 is 5.64. The molecule has 30 heavy (non-hydrogen) atoms. The summed E-state index contributed by atoms with van der Waals surface area (Å²) in [7, 11) is 0. The molecular formula is C19H14ClN3O6S. The molecule has 0 saturated heterocycles. The number of nitro benzene ring substituents is 1. The maximum absolute atomic E-state index is 12.3. The number of halogens is 1. The van der Waals surface area contributed by atoms with Crippen molar-refractivity contribution in [3.8, 4) is 0 Å². The molecule has 1 heterocycles. The van der Waals surface area contributed by atoms with Crippen molar-refractivity contribution in [3.05, 3.63) is 68.5 Å². The number of benzene rings is 2. The van der Waals surface area contributed by atoms with Crippen LogP contribution in [-0.2, 0) is 14.3 Å². The number of non-ortho nitro benzene ring substituents is 1. The van der Waals surface area contributed by atoms with Crippen LogP contribution in [0.1, 0.15) is 9.67 Å². The molecule has 2 amide bonds. The van der Waals surface area contributed by atoms with Crippen molar-refractivity contribution in [3.63, 3.8) is 0 Å². The predicted molar refractivity (Wildman–Crippen MR) is 112 cm³/mol. The number of hydrogen-bond donors (Lipinski definition) is 2. The Bertz CT molecular complexity index is 1150. The van der Waals surface area contributed by atoms with Crippen molar-refractivity contribution in [2.75, 3.05) is 18.5 Å². The van der Waals surface area contributed by atoms with Gasteiger partial charge in [0, 0.05) is 27.9 Å². The van der Waals surface area contributed by atoms with E-state index in [1.165, 1.54) is 35.6 Å². The third-order valence-corrected chi connectivity index (χ3v) is 5.51. The van der Waals surface area contributed by atoms with Crippen molar-refractivity contribution in [1.29, 1.82) is 0 Å². The zero-order valence-corrected chi connectivity index (χ0v) is 16.8. The average Bonchev–Trinajstić information content (AvgIpc) is 3.07. The molecule has 0 radical (unpaired) electrons. The van der Waals surface area contributed by atoms with E-state index in [0.29, 0.717) is 5.02 Å². The fraction of sp³-hybridized carbons (Fsp3) is 0.105. The second kappa shape index (κ2) is 9.33. The SMILES string of the molecule is O=C(COC(=O)CNC(=O)c1sc2ccccc2c1Cl)Nc1cccc([N+](=O)[O-])c1. The molecule has 0 aliphatic carbocycles. The van der Waals surface area contributed by atoms with E-state index in [2.05, 4.69) is 10.6 Å². The second-order valence-corrected chi connectivity index (χ2v) is 7.37. The number of rotatable bonds is 7. The van der Waals surface area contributed by atoms with E-state index in [9.17, 15) is 24.5 Å². The number of amides is 2. The molecule has 0 bridgehead atoms. The summed E-state index contributed by atoms with van der Waals surface area (Å²) in [6, 6.07) is 12.6. The number of nitro groups is 1. The number of hydrogen-bond acceptors (Lipinski definition) is 7. The molecule has 3 aromatic rings. The van der Waals surface area contributed by atoms with Crippen molar-refractivity contribution in [1.82, 2.24) is 5.32 Å². The largest absolute Gasteiger partial charge is 0.454 e. The first-order valence-electron chi connectivity index (χ1n) is 8.50. The molecule has 9 nitrogen and oxygen atoms in total. The zero-order valence-electron chi connectivity index (χ0n) is 15.2. The first kappa shape index (κ1) is 21.2. The second-order valence-electron chi connectivity index (χ2n) is 5.94. The van der Waals surface area contributed by atoms with Gasteiger partial charge in [-0.25, -0.2) is 0 Å². The van der Waals surface area contributed by atoms with Gasteiger partial charge >= 0.3 is 5.97 Å². The molecule has 154 valence electrons. The van der Waals surface area contributed by atoms with Crippen LogP contribution in [0.3, 0.4) is 0 Å². The molecule has 0 atom stereocenters. The van der Waals surface area contributed by atoms with Crippen LogP contribution in [0, 0.1) is 10.1 Å². The Morgan fingerprint density at radius 1 is 1.13 bits per heavy atom. The van der Waals surface area contributed by atoms with E-state index in [1.807, 2.05) is 12.1 Å². The van der Waals surface area contributed by atoms with Crippen molar-refractivity contribution < 1.29 is 24.0 Å². The van der Waals surface area contributed by atoms with Gasteiger partial charge in [-0.15, -0.1) is 11.3 Å². The Labute approximate surface area is 178 Å². The number of ether oxygens (including phenoxy) is 1. The number of carbonyl (C=O) groups is 3. The molecule has 0 aliphatic rings. The predicted octanol–water partition coefficient (Wildman–Crippen LogP) is 3.37. The highest BCUT2D eigenvalue weighted by atomic mass is 35.5. The lowest BCUT2D eigenvalue weighted by Gasteiger charge is -2.07. The van der Waals surface area contributed by atoms with Crippen LogP contribution in [0.5, 0.6) is 0 Å². The van der Waals surface area contributed by atoms with Gasteiger partial charge in [0.25, 0.3) is 17.5 Å². The van der Waals surface area contributed by atoms with E-state index in [-0.39, 0.29) is 16.3 Å². The summed E-state index contributed by atoms with van der Waals surface area (Å²) in [5.74, 6) is -2.03. The summed E-state index contributed by atoms with van der Waals surface area (Å²) in [6.45, 7) is -1.06. The number of fused-ring (bicyclic) bond motifs is 1. The molecule has 0 unspecified atom stereocenters. The summed E-state index contributed by atoms with van der Waals surface area (Å²) in [6.07, 6.45) is 0. The van der Waals surface area contributed by atoms with Crippen LogP contribution in [0.25, 0.3) is 10.1 Å². The van der Waals surface area contributed by atoms with Crippen molar-refractivity contribution in [2.24, 2.45) is 0 Å². The fourth-order valence-electron chi connectivity index (χ4n) is 2.48. The number of nitrogens with zero attached hydrogens (tertiary/aromatic N) is 1. The number of esters is 1. The lowest BCUT2D eigenvalue weighted by Crippen LogP contribution is -2.32. The molecule has 3 rings (SSSR count). The quantitative estimate of drug-likeness (QED) is 0.324. The minimum Gasteiger partial charge on any atom is -0.454 e. The van der Waals surface area contributed by atoms with Crippen LogP contribution >= 0.6 is 22.9 Å². The number of carbonyl (C=O) groups excluding carboxylic acids is 3. The Kier molecular flexibility index (Phi) is 6.60. The van der Waals surface area contributed by atoms with Gasteiger partial charge in [-0.05, 0) is 12.1 Å². The highest BCUT2D eigenvalue weighted by Gasteiger charge is 2.18. The molecule has 2 aromatic carbocycles. The Morgan fingerprint density at radius 3 is 2.63 bits per heavy atom. The normalized spacial score (nSPS) is 10.4. The van der Waals surface area contributed by atoms with E-state index in [4.69, 9.17) is 16.3 Å². The van der Waals surface area contributed by atoms with Gasteiger partial charge < -0.3 is 15.4 Å². The standard InChI is InChI=1S/C19H14ClN3O6S/c20-17-13-6-1-2-7-14(13)30-18(17)19(26)21-9-16(25)29-10-15(24)22-11-4-3-5-12(8-11)23(27)28/h1-8H,9-10H2,(H,21,26)(H,22,24). The minimum absolute atomic E-state index is 0.188. The van der Waals surface area contributed by atoms with Gasteiger partial charge in [0.15, 0.2) is 6.61 Å². The summed E-state index contributed by atoms with van der Waals surface area (Å²) in [5, 5.41) is 16.6. The van der Waals surface area contributed by atoms with Gasteiger partial charge in [-0.2, -0.15) is 0 Å². The van der Waals surface area contributed by atoms with Crippen LogP contribution in [0.4, 0.5) is 11.4 Å². The third kappa shape index (κ3) is 5.10. The van der Waals surface area contributed by atoms with Gasteiger partial charge in [0.1, 0.15) is 11.4 Å². The molecule has 0 spiro atoms. The number of thiophene rings is 1. The van der Waals surface area contributed by atoms with E-state index >= 15 is 0 Å². The first-order valence-corrected chi connectivity index (χ1v) is 9.69. The smallest absolute Gasteiger partial charge is 0.325 e. The van der Waals surface area contributed by atoms with Gasteiger partial charge in [0.2, 0.25) is 0 Å². The first-order chi connectivity index (χ1) is 14.3. The van der Waals surface area contributed by atoms with E-state index in [0.717, 1.165) is 10.1 Å². The highest BCUT2D eigenvalue weighted by molar-refractivity contribution is 7.21.